The molecule has 2 rings (SSSR count). The van der Waals surface area contributed by atoms with Crippen LogP contribution in [0.25, 0.3) is 0 Å². The molecule has 2 fully saturated rings. The number of carboxylic acid groups (broad SMARTS) is 1. The van der Waals surface area contributed by atoms with Gasteiger partial charge in [0.1, 0.15) is 0 Å². The second kappa shape index (κ2) is 6.37. The highest BCUT2D eigenvalue weighted by Gasteiger charge is 2.45. The SMILES string of the molecule is O=C(O)CCCCC=C[C@@H]1[C@@H]2CC[C@@H](C2)[C@@H]1CO. The van der Waals surface area contributed by atoms with Gasteiger partial charge in [0.05, 0.1) is 0 Å². The molecule has 0 saturated heterocycles. The summed E-state index contributed by atoms with van der Waals surface area (Å²) in [5, 5.41) is 18.0. The number of fused-ring (bicyclic) bond motifs is 2. The van der Waals surface area contributed by atoms with Crippen molar-refractivity contribution in [3.05, 3.63) is 12.2 Å². The van der Waals surface area contributed by atoms with Crippen LogP contribution in [-0.4, -0.2) is 22.8 Å². The standard InChI is InChI=1S/C15H24O3/c16-10-14-12-8-7-11(9-12)13(14)5-3-1-2-4-6-15(17)18/h3,5,11-14,16H,1-2,4,6-10H2,(H,17,18)/t11-,12+,13-,14+/m1/s1. The van der Waals surface area contributed by atoms with Crippen molar-refractivity contribution in [2.24, 2.45) is 23.7 Å². The molecule has 0 aromatic heterocycles. The number of aliphatic carboxylic acids is 1. The van der Waals surface area contributed by atoms with Crippen LogP contribution in [0.2, 0.25) is 0 Å². The van der Waals surface area contributed by atoms with E-state index in [0.717, 1.165) is 31.1 Å². The molecule has 0 spiro atoms. The molecule has 0 heterocycles. The first-order valence-corrected chi connectivity index (χ1v) is 7.21. The van der Waals surface area contributed by atoms with Gasteiger partial charge in [0.25, 0.3) is 0 Å². The number of aliphatic hydroxyl groups excluding tert-OH is 1. The molecule has 0 amide bonds. The lowest BCUT2D eigenvalue weighted by Crippen LogP contribution is -2.23. The Morgan fingerprint density at radius 2 is 2.00 bits per heavy atom. The average molecular weight is 252 g/mol. The number of unbranched alkanes of at least 4 members (excludes halogenated alkanes) is 2. The summed E-state index contributed by atoms with van der Waals surface area (Å²) >= 11 is 0. The summed E-state index contributed by atoms with van der Waals surface area (Å²) in [7, 11) is 0. The topological polar surface area (TPSA) is 57.5 Å². The minimum atomic E-state index is -0.701. The summed E-state index contributed by atoms with van der Waals surface area (Å²) in [6, 6.07) is 0. The van der Waals surface area contributed by atoms with E-state index in [1.807, 2.05) is 0 Å². The zero-order chi connectivity index (χ0) is 13.0. The highest BCUT2D eigenvalue weighted by molar-refractivity contribution is 5.66. The van der Waals surface area contributed by atoms with E-state index >= 15 is 0 Å². The Kier molecular flexibility index (Phi) is 4.81. The molecule has 2 aliphatic carbocycles. The van der Waals surface area contributed by atoms with Gasteiger partial charge in [-0.15, -0.1) is 0 Å². The van der Waals surface area contributed by atoms with Crippen LogP contribution in [0, 0.1) is 23.7 Å². The second-order valence-corrected chi connectivity index (χ2v) is 5.82. The Hall–Kier alpha value is -0.830. The zero-order valence-electron chi connectivity index (χ0n) is 10.9. The molecule has 2 N–H and O–H groups in total. The Morgan fingerprint density at radius 3 is 2.72 bits per heavy atom. The van der Waals surface area contributed by atoms with E-state index in [9.17, 15) is 9.90 Å². The molecule has 102 valence electrons. The lowest BCUT2D eigenvalue weighted by Gasteiger charge is -2.27. The number of aliphatic hydroxyl groups is 1. The first-order valence-electron chi connectivity index (χ1n) is 7.21. The Bertz CT molecular complexity index is 311. The van der Waals surface area contributed by atoms with Gasteiger partial charge in [-0.25, -0.2) is 0 Å². The fourth-order valence-electron chi connectivity index (χ4n) is 3.82. The van der Waals surface area contributed by atoms with Crippen LogP contribution in [0.5, 0.6) is 0 Å². The fourth-order valence-corrected chi connectivity index (χ4v) is 3.82. The summed E-state index contributed by atoms with van der Waals surface area (Å²) in [5.74, 6) is 1.91. The van der Waals surface area contributed by atoms with Crippen LogP contribution >= 0.6 is 0 Å². The molecule has 2 aliphatic rings. The van der Waals surface area contributed by atoms with Gasteiger partial charge in [-0.1, -0.05) is 12.2 Å². The Labute approximate surface area is 109 Å². The highest BCUT2D eigenvalue weighted by Crippen LogP contribution is 2.52. The largest absolute Gasteiger partial charge is 0.481 e. The molecule has 3 nitrogen and oxygen atoms in total. The molecular weight excluding hydrogens is 228 g/mol. The zero-order valence-corrected chi connectivity index (χ0v) is 10.9. The summed E-state index contributed by atoms with van der Waals surface area (Å²) < 4.78 is 0. The van der Waals surface area contributed by atoms with Crippen molar-refractivity contribution in [2.45, 2.75) is 44.9 Å². The van der Waals surface area contributed by atoms with Gasteiger partial charge in [-0.2, -0.15) is 0 Å². The normalized spacial score (nSPS) is 34.5. The summed E-state index contributed by atoms with van der Waals surface area (Å²) in [5.41, 5.74) is 0. The molecule has 4 atom stereocenters. The maximum Gasteiger partial charge on any atom is 0.303 e. The lowest BCUT2D eigenvalue weighted by molar-refractivity contribution is -0.137. The molecule has 0 radical (unpaired) electrons. The molecule has 2 saturated carbocycles. The third-order valence-electron chi connectivity index (χ3n) is 4.74. The van der Waals surface area contributed by atoms with Crippen molar-refractivity contribution in [3.8, 4) is 0 Å². The predicted molar refractivity (Wildman–Crippen MR) is 70.1 cm³/mol. The van der Waals surface area contributed by atoms with Gasteiger partial charge in [0.15, 0.2) is 0 Å². The highest BCUT2D eigenvalue weighted by atomic mass is 16.4. The third-order valence-corrected chi connectivity index (χ3v) is 4.74. The average Bonchev–Trinajstić information content (AvgIpc) is 2.93. The fraction of sp³-hybridized carbons (Fsp3) is 0.800. The van der Waals surface area contributed by atoms with Crippen LogP contribution < -0.4 is 0 Å². The van der Waals surface area contributed by atoms with Crippen molar-refractivity contribution < 1.29 is 15.0 Å². The smallest absolute Gasteiger partial charge is 0.303 e. The number of hydrogen-bond acceptors (Lipinski definition) is 2. The number of hydrogen-bond donors (Lipinski definition) is 2. The van der Waals surface area contributed by atoms with E-state index in [2.05, 4.69) is 12.2 Å². The van der Waals surface area contributed by atoms with E-state index in [-0.39, 0.29) is 6.42 Å². The van der Waals surface area contributed by atoms with Crippen molar-refractivity contribution in [2.75, 3.05) is 6.61 Å². The van der Waals surface area contributed by atoms with Gasteiger partial charge in [0.2, 0.25) is 0 Å². The van der Waals surface area contributed by atoms with Gasteiger partial charge in [0, 0.05) is 13.0 Å². The van der Waals surface area contributed by atoms with Gasteiger partial charge >= 0.3 is 5.97 Å². The van der Waals surface area contributed by atoms with Crippen LogP contribution in [0.4, 0.5) is 0 Å². The van der Waals surface area contributed by atoms with E-state index in [4.69, 9.17) is 5.11 Å². The minimum Gasteiger partial charge on any atom is -0.481 e. The van der Waals surface area contributed by atoms with Gasteiger partial charge in [-0.05, 0) is 62.2 Å². The molecule has 0 unspecified atom stereocenters. The molecule has 2 bridgehead atoms. The Morgan fingerprint density at radius 1 is 1.22 bits per heavy atom. The quantitative estimate of drug-likeness (QED) is 0.541. The summed E-state index contributed by atoms with van der Waals surface area (Å²) in [6.45, 7) is 0.329. The van der Waals surface area contributed by atoms with E-state index in [1.165, 1.54) is 19.3 Å². The van der Waals surface area contributed by atoms with Crippen LogP contribution in [0.3, 0.4) is 0 Å². The number of rotatable bonds is 7. The maximum atomic E-state index is 10.4. The minimum absolute atomic E-state index is 0.279. The van der Waals surface area contributed by atoms with Crippen molar-refractivity contribution in [1.29, 1.82) is 0 Å². The number of carbonyl (C=O) groups is 1. The summed E-state index contributed by atoms with van der Waals surface area (Å²) in [4.78, 5) is 10.4. The monoisotopic (exact) mass is 252 g/mol. The number of allylic oxidation sites excluding steroid dienone is 2. The number of carboxylic acids is 1. The molecule has 0 aromatic carbocycles. The van der Waals surface area contributed by atoms with Crippen LogP contribution in [0.15, 0.2) is 12.2 Å². The first kappa shape index (κ1) is 13.6. The summed E-state index contributed by atoms with van der Waals surface area (Å²) in [6.07, 6.45) is 11.4. The van der Waals surface area contributed by atoms with E-state index < -0.39 is 5.97 Å². The molecule has 0 aromatic rings. The predicted octanol–water partition coefficient (Wildman–Crippen LogP) is 2.84. The third kappa shape index (κ3) is 3.14. The van der Waals surface area contributed by atoms with Crippen LogP contribution in [-0.2, 0) is 4.79 Å². The van der Waals surface area contributed by atoms with Crippen LogP contribution in [0.1, 0.15) is 44.9 Å². The molecule has 18 heavy (non-hydrogen) atoms. The van der Waals surface area contributed by atoms with Gasteiger partial charge in [-0.3, -0.25) is 4.79 Å². The Balaban J connectivity index is 1.70. The van der Waals surface area contributed by atoms with Gasteiger partial charge < -0.3 is 10.2 Å². The van der Waals surface area contributed by atoms with Crippen molar-refractivity contribution >= 4 is 5.97 Å². The van der Waals surface area contributed by atoms with Crippen molar-refractivity contribution in [1.82, 2.24) is 0 Å². The maximum absolute atomic E-state index is 10.4. The van der Waals surface area contributed by atoms with E-state index in [0.29, 0.717) is 18.4 Å². The first-order chi connectivity index (χ1) is 8.72. The second-order valence-electron chi connectivity index (χ2n) is 5.82. The molecule has 3 heteroatoms. The molecular formula is C15H24O3. The van der Waals surface area contributed by atoms with E-state index in [1.54, 1.807) is 0 Å². The lowest BCUT2D eigenvalue weighted by atomic mass is 9.79. The van der Waals surface area contributed by atoms with Crippen molar-refractivity contribution in [3.63, 3.8) is 0 Å². The molecule has 0 aliphatic heterocycles.